The van der Waals surface area contributed by atoms with Crippen LogP contribution in [0.2, 0.25) is 0 Å². The van der Waals surface area contributed by atoms with Crippen LogP contribution in [-0.4, -0.2) is 20.7 Å². The fraction of sp³-hybridized carbons (Fsp3) is 0.214. The Morgan fingerprint density at radius 3 is 2.57 bits per heavy atom. The molecule has 0 aliphatic heterocycles. The highest BCUT2D eigenvalue weighted by atomic mass is 32.2. The molecule has 0 aliphatic rings. The van der Waals surface area contributed by atoms with Crippen LogP contribution >= 0.6 is 0 Å². The van der Waals surface area contributed by atoms with Gasteiger partial charge >= 0.3 is 5.69 Å². The second kappa shape index (κ2) is 6.94. The Morgan fingerprint density at radius 2 is 1.95 bits per heavy atom. The number of nitro groups is 1. The molecule has 0 fully saturated rings. The van der Waals surface area contributed by atoms with Crippen molar-refractivity contribution >= 4 is 22.3 Å². The van der Waals surface area contributed by atoms with Crippen LogP contribution in [-0.2, 0) is 16.6 Å². The summed E-state index contributed by atoms with van der Waals surface area (Å²) in [6, 6.07) is 12.2. The van der Waals surface area contributed by atoms with Gasteiger partial charge in [-0.3, -0.25) is 14.3 Å². The molecular weight excluding hydrogens is 290 g/mol. The summed E-state index contributed by atoms with van der Waals surface area (Å²) in [5.41, 5.74) is 0.818. The van der Waals surface area contributed by atoms with Crippen LogP contribution in [0.4, 0.5) is 11.5 Å². The summed E-state index contributed by atoms with van der Waals surface area (Å²) in [6.07, 6.45) is 0. The smallest absolute Gasteiger partial charge is 0.311 e. The first kappa shape index (κ1) is 15.1. The second-order valence-corrected chi connectivity index (χ2v) is 5.68. The standard InChI is InChI=1S/C14H15N3O3S/c1-2-15-14-12(17(18)19)8-9-13(16-14)21(20)10-11-6-4-3-5-7-11/h3-9H,2,10H2,1H3,(H,15,16). The van der Waals surface area contributed by atoms with Gasteiger partial charge in [0.15, 0.2) is 0 Å². The van der Waals surface area contributed by atoms with E-state index in [1.165, 1.54) is 12.1 Å². The van der Waals surface area contributed by atoms with Crippen LogP contribution < -0.4 is 5.32 Å². The zero-order valence-corrected chi connectivity index (χ0v) is 12.3. The van der Waals surface area contributed by atoms with Crippen molar-refractivity contribution in [1.29, 1.82) is 0 Å². The highest BCUT2D eigenvalue weighted by Crippen LogP contribution is 2.23. The van der Waals surface area contributed by atoms with Crippen molar-refractivity contribution in [2.24, 2.45) is 0 Å². The maximum absolute atomic E-state index is 12.3. The normalized spacial score (nSPS) is 11.9. The Morgan fingerprint density at radius 1 is 1.24 bits per heavy atom. The largest absolute Gasteiger partial charge is 0.365 e. The van der Waals surface area contributed by atoms with Crippen molar-refractivity contribution in [3.8, 4) is 0 Å². The van der Waals surface area contributed by atoms with Gasteiger partial charge in [-0.15, -0.1) is 0 Å². The summed E-state index contributed by atoms with van der Waals surface area (Å²) in [4.78, 5) is 14.5. The number of aromatic nitrogens is 1. The minimum Gasteiger partial charge on any atom is -0.365 e. The molecule has 21 heavy (non-hydrogen) atoms. The molecule has 6 nitrogen and oxygen atoms in total. The number of benzene rings is 1. The van der Waals surface area contributed by atoms with E-state index in [0.717, 1.165) is 5.56 Å². The molecule has 0 aliphatic carbocycles. The minimum atomic E-state index is -1.34. The molecule has 1 N–H and O–H groups in total. The van der Waals surface area contributed by atoms with Crippen molar-refractivity contribution < 1.29 is 9.13 Å². The molecule has 7 heteroatoms. The van der Waals surface area contributed by atoms with Crippen LogP contribution in [0, 0.1) is 10.1 Å². The monoisotopic (exact) mass is 305 g/mol. The first-order valence-corrected chi connectivity index (χ1v) is 7.75. The van der Waals surface area contributed by atoms with Gasteiger partial charge in [-0.05, 0) is 18.6 Å². The number of hydrogen-bond donors (Lipinski definition) is 1. The van der Waals surface area contributed by atoms with E-state index in [4.69, 9.17) is 0 Å². The van der Waals surface area contributed by atoms with Crippen molar-refractivity contribution in [3.05, 3.63) is 58.1 Å². The summed E-state index contributed by atoms with van der Waals surface area (Å²) in [6.45, 7) is 2.32. The Balaban J connectivity index is 2.25. The van der Waals surface area contributed by atoms with Gasteiger partial charge in [0, 0.05) is 12.6 Å². The van der Waals surface area contributed by atoms with Crippen LogP contribution in [0.5, 0.6) is 0 Å². The third-order valence-corrected chi connectivity index (χ3v) is 4.05. The number of hydrogen-bond acceptors (Lipinski definition) is 5. The number of rotatable bonds is 6. The Bertz CT molecular complexity index is 662. The van der Waals surface area contributed by atoms with E-state index in [2.05, 4.69) is 10.3 Å². The summed E-state index contributed by atoms with van der Waals surface area (Å²) < 4.78 is 12.3. The number of anilines is 1. The Hall–Kier alpha value is -2.28. The van der Waals surface area contributed by atoms with Gasteiger partial charge in [0.25, 0.3) is 0 Å². The van der Waals surface area contributed by atoms with E-state index in [9.17, 15) is 14.3 Å². The molecule has 1 atom stereocenters. The molecule has 0 spiro atoms. The number of pyridine rings is 1. The fourth-order valence-corrected chi connectivity index (χ4v) is 2.86. The van der Waals surface area contributed by atoms with Crippen molar-refractivity contribution in [1.82, 2.24) is 4.98 Å². The summed E-state index contributed by atoms with van der Waals surface area (Å²) in [5, 5.41) is 14.1. The molecule has 1 unspecified atom stereocenters. The lowest BCUT2D eigenvalue weighted by Gasteiger charge is -2.06. The molecular formula is C14H15N3O3S. The van der Waals surface area contributed by atoms with Crippen LogP contribution in [0.15, 0.2) is 47.5 Å². The highest BCUT2D eigenvalue weighted by molar-refractivity contribution is 7.84. The van der Waals surface area contributed by atoms with E-state index in [1.54, 1.807) is 0 Å². The SMILES string of the molecule is CCNc1nc(S(=O)Cc2ccccc2)ccc1[N+](=O)[O-]. The first-order chi connectivity index (χ1) is 10.1. The highest BCUT2D eigenvalue weighted by Gasteiger charge is 2.17. The zero-order valence-electron chi connectivity index (χ0n) is 11.5. The molecule has 0 radical (unpaired) electrons. The van der Waals surface area contributed by atoms with Crippen molar-refractivity contribution in [3.63, 3.8) is 0 Å². The summed E-state index contributed by atoms with van der Waals surface area (Å²) in [7, 11) is -1.34. The Kier molecular flexibility index (Phi) is 4.99. The van der Waals surface area contributed by atoms with Crippen molar-refractivity contribution in [2.75, 3.05) is 11.9 Å². The molecule has 2 aromatic rings. The van der Waals surface area contributed by atoms with E-state index in [-0.39, 0.29) is 11.5 Å². The predicted octanol–water partition coefficient (Wildman–Crippen LogP) is 2.73. The molecule has 1 aromatic carbocycles. The van der Waals surface area contributed by atoms with Gasteiger partial charge in [-0.25, -0.2) is 4.98 Å². The maximum atomic E-state index is 12.3. The number of nitrogens with zero attached hydrogens (tertiary/aromatic N) is 2. The first-order valence-electron chi connectivity index (χ1n) is 6.43. The van der Waals surface area contributed by atoms with Gasteiger partial charge in [-0.2, -0.15) is 0 Å². The topological polar surface area (TPSA) is 85.1 Å². The third-order valence-electron chi connectivity index (χ3n) is 2.76. The van der Waals surface area contributed by atoms with Crippen LogP contribution in [0.25, 0.3) is 0 Å². The lowest BCUT2D eigenvalue weighted by atomic mass is 10.2. The third kappa shape index (κ3) is 3.85. The molecule has 2 rings (SSSR count). The fourth-order valence-electron chi connectivity index (χ4n) is 1.81. The van der Waals surface area contributed by atoms with Crippen LogP contribution in [0.1, 0.15) is 12.5 Å². The lowest BCUT2D eigenvalue weighted by Crippen LogP contribution is -2.07. The van der Waals surface area contributed by atoms with E-state index in [1.807, 2.05) is 37.3 Å². The van der Waals surface area contributed by atoms with Crippen LogP contribution in [0.3, 0.4) is 0 Å². The molecule has 0 saturated carbocycles. The number of nitrogens with one attached hydrogen (secondary N) is 1. The van der Waals surface area contributed by atoms with Gasteiger partial charge in [0.05, 0.1) is 21.5 Å². The second-order valence-electron chi connectivity index (χ2n) is 4.28. The molecule has 1 aromatic heterocycles. The lowest BCUT2D eigenvalue weighted by molar-refractivity contribution is -0.384. The Labute approximate surface area is 124 Å². The van der Waals surface area contributed by atoms with E-state index >= 15 is 0 Å². The van der Waals surface area contributed by atoms with Gasteiger partial charge in [0.2, 0.25) is 5.82 Å². The quantitative estimate of drug-likeness (QED) is 0.655. The summed E-state index contributed by atoms with van der Waals surface area (Å²) >= 11 is 0. The molecule has 0 amide bonds. The van der Waals surface area contributed by atoms with Gasteiger partial charge in [-0.1, -0.05) is 30.3 Å². The van der Waals surface area contributed by atoms with E-state index < -0.39 is 15.7 Å². The zero-order chi connectivity index (χ0) is 15.2. The maximum Gasteiger partial charge on any atom is 0.311 e. The molecule has 0 saturated heterocycles. The van der Waals surface area contributed by atoms with E-state index in [0.29, 0.717) is 17.3 Å². The molecule has 110 valence electrons. The predicted molar refractivity (Wildman–Crippen MR) is 81.6 cm³/mol. The van der Waals surface area contributed by atoms with Gasteiger partial charge in [0.1, 0.15) is 5.03 Å². The minimum absolute atomic E-state index is 0.114. The van der Waals surface area contributed by atoms with Gasteiger partial charge < -0.3 is 5.32 Å². The van der Waals surface area contributed by atoms with Crippen molar-refractivity contribution in [2.45, 2.75) is 17.7 Å². The average Bonchev–Trinajstić information content (AvgIpc) is 2.48. The molecule has 1 heterocycles. The summed E-state index contributed by atoms with van der Waals surface area (Å²) in [5.74, 6) is 0.485. The molecule has 0 bridgehead atoms. The average molecular weight is 305 g/mol.